The molecule has 0 bridgehead atoms. The highest BCUT2D eigenvalue weighted by Crippen LogP contribution is 2.52. The Kier molecular flexibility index (Phi) is 6.72. The highest BCUT2D eigenvalue weighted by molar-refractivity contribution is 6.02. The molecule has 2 aliphatic carbocycles. The predicted molar refractivity (Wildman–Crippen MR) is 119 cm³/mol. The molecule has 3 aliphatic rings. The molecule has 0 spiro atoms. The summed E-state index contributed by atoms with van der Waals surface area (Å²) in [7, 11) is 0. The minimum absolute atomic E-state index is 0.00909. The largest absolute Gasteiger partial charge is 0.273 e. The molecule has 0 unspecified atom stereocenters. The molecule has 4 nitrogen and oxygen atoms in total. The fourth-order valence-corrected chi connectivity index (χ4v) is 6.41. The average molecular weight is 409 g/mol. The van der Waals surface area contributed by atoms with E-state index in [9.17, 15) is 9.59 Å². The summed E-state index contributed by atoms with van der Waals surface area (Å²) in [4.78, 5) is 26.5. The van der Waals surface area contributed by atoms with Crippen LogP contribution in [0.15, 0.2) is 42.5 Å². The van der Waals surface area contributed by atoms with E-state index in [-0.39, 0.29) is 17.4 Å². The summed E-state index contributed by atoms with van der Waals surface area (Å²) in [5.41, 5.74) is 0.951. The van der Waals surface area contributed by atoms with Crippen LogP contribution in [0.1, 0.15) is 83.1 Å². The van der Waals surface area contributed by atoms with Gasteiger partial charge in [-0.2, -0.15) is 5.01 Å². The van der Waals surface area contributed by atoms with Gasteiger partial charge in [0, 0.05) is 19.0 Å². The number of carbonyl (C=O) groups is 2. The van der Waals surface area contributed by atoms with Crippen molar-refractivity contribution in [2.45, 2.75) is 89.6 Å². The molecule has 2 amide bonds. The van der Waals surface area contributed by atoms with E-state index in [4.69, 9.17) is 0 Å². The Morgan fingerprint density at radius 1 is 0.967 bits per heavy atom. The summed E-state index contributed by atoms with van der Waals surface area (Å²) in [5.74, 6) is 0.785. The molecule has 1 aromatic carbocycles. The van der Waals surface area contributed by atoms with Crippen molar-refractivity contribution in [1.82, 2.24) is 10.0 Å². The maximum absolute atomic E-state index is 13.4. The molecule has 4 rings (SSSR count). The van der Waals surface area contributed by atoms with Gasteiger partial charge >= 0.3 is 0 Å². The Morgan fingerprint density at radius 3 is 2.07 bits per heavy atom. The van der Waals surface area contributed by atoms with Crippen LogP contribution < -0.4 is 0 Å². The van der Waals surface area contributed by atoms with Crippen LogP contribution in [0.4, 0.5) is 0 Å². The van der Waals surface area contributed by atoms with Crippen LogP contribution >= 0.6 is 0 Å². The van der Waals surface area contributed by atoms with E-state index in [0.717, 1.165) is 0 Å². The van der Waals surface area contributed by atoms with Crippen LogP contribution in [-0.4, -0.2) is 27.4 Å². The summed E-state index contributed by atoms with van der Waals surface area (Å²) in [6.45, 7) is 2.47. The van der Waals surface area contributed by atoms with Gasteiger partial charge in [0.2, 0.25) is 5.91 Å². The van der Waals surface area contributed by atoms with Gasteiger partial charge in [0.1, 0.15) is 0 Å². The van der Waals surface area contributed by atoms with E-state index in [1.165, 1.54) is 74.8 Å². The van der Waals surface area contributed by atoms with Crippen LogP contribution in [-0.2, 0) is 16.1 Å². The van der Waals surface area contributed by atoms with Gasteiger partial charge in [-0.3, -0.25) is 9.59 Å². The summed E-state index contributed by atoms with van der Waals surface area (Å²) in [5, 5.41) is 3.75. The lowest BCUT2D eigenvalue weighted by Crippen LogP contribution is -2.59. The second kappa shape index (κ2) is 9.47. The number of amides is 2. The molecule has 0 atom stereocenters. The molecule has 2 saturated carbocycles. The van der Waals surface area contributed by atoms with Crippen LogP contribution in [0.3, 0.4) is 0 Å². The average Bonchev–Trinajstić information content (AvgIpc) is 3.08. The Labute approximate surface area is 181 Å². The Bertz CT molecular complexity index is 742. The van der Waals surface area contributed by atoms with Gasteiger partial charge in [-0.15, -0.1) is 0 Å². The van der Waals surface area contributed by atoms with Crippen LogP contribution in [0, 0.1) is 11.8 Å². The zero-order chi connectivity index (χ0) is 21.0. The number of benzene rings is 1. The Balaban J connectivity index is 1.79. The second-order valence-corrected chi connectivity index (χ2v) is 9.42. The van der Waals surface area contributed by atoms with Gasteiger partial charge in [0.25, 0.3) is 5.91 Å². The van der Waals surface area contributed by atoms with Crippen molar-refractivity contribution in [3.8, 4) is 0 Å². The lowest BCUT2D eigenvalue weighted by atomic mass is 9.63. The maximum Gasteiger partial charge on any atom is 0.267 e. The predicted octanol–water partition coefficient (Wildman–Crippen LogP) is 5.64. The lowest BCUT2D eigenvalue weighted by molar-refractivity contribution is -0.166. The van der Waals surface area contributed by atoms with Crippen molar-refractivity contribution in [1.29, 1.82) is 0 Å². The summed E-state index contributed by atoms with van der Waals surface area (Å²) >= 11 is 0. The molecule has 0 N–H and O–H groups in total. The quantitative estimate of drug-likeness (QED) is 0.592. The lowest BCUT2D eigenvalue weighted by Gasteiger charge is -2.52. The maximum atomic E-state index is 13.4. The van der Waals surface area contributed by atoms with Gasteiger partial charge in [0.05, 0.1) is 5.54 Å². The van der Waals surface area contributed by atoms with Gasteiger partial charge in [-0.25, -0.2) is 5.01 Å². The fraction of sp³-hybridized carbons (Fsp3) is 0.615. The molecular weight excluding hydrogens is 372 g/mol. The van der Waals surface area contributed by atoms with E-state index >= 15 is 0 Å². The number of imide groups is 1. The normalized spacial score (nSPS) is 24.0. The third-order valence-electron chi connectivity index (χ3n) is 7.71. The molecular formula is C26H36N2O2. The minimum Gasteiger partial charge on any atom is -0.273 e. The SMILES string of the molecule is C/C=C/C(=O)N1C(=O)CC(C2CCCCC2)(C2CCCCC2)N1Cc1ccccc1. The third kappa shape index (κ3) is 3.99. The summed E-state index contributed by atoms with van der Waals surface area (Å²) in [6.07, 6.45) is 16.1. The van der Waals surface area contributed by atoms with Crippen molar-refractivity contribution in [2.24, 2.45) is 11.8 Å². The molecule has 4 heteroatoms. The minimum atomic E-state index is -0.217. The smallest absolute Gasteiger partial charge is 0.267 e. The number of allylic oxidation sites excluding steroid dienone is 1. The van der Waals surface area contributed by atoms with Crippen molar-refractivity contribution < 1.29 is 9.59 Å². The number of rotatable bonds is 5. The van der Waals surface area contributed by atoms with Gasteiger partial charge < -0.3 is 0 Å². The van der Waals surface area contributed by atoms with E-state index in [1.54, 1.807) is 12.2 Å². The number of hydrogen-bond donors (Lipinski definition) is 0. The molecule has 30 heavy (non-hydrogen) atoms. The number of hydrazine groups is 1. The van der Waals surface area contributed by atoms with Crippen molar-refractivity contribution in [3.05, 3.63) is 48.0 Å². The van der Waals surface area contributed by atoms with Crippen molar-refractivity contribution >= 4 is 11.8 Å². The van der Waals surface area contributed by atoms with E-state index < -0.39 is 0 Å². The summed E-state index contributed by atoms with van der Waals surface area (Å²) < 4.78 is 0. The molecule has 1 aliphatic heterocycles. The van der Waals surface area contributed by atoms with Crippen molar-refractivity contribution in [2.75, 3.05) is 0 Å². The molecule has 1 aromatic rings. The van der Waals surface area contributed by atoms with E-state index in [2.05, 4.69) is 17.1 Å². The standard InChI is InChI=1S/C26H36N2O2/c1-2-12-24(29)28-25(30)19-26(22-15-8-4-9-16-22,23-17-10-5-11-18-23)27(28)20-21-13-6-3-7-14-21/h2-3,6-7,12-14,22-23H,4-5,8-11,15-20H2,1H3/b12-2+. The van der Waals surface area contributed by atoms with Crippen LogP contribution in [0.5, 0.6) is 0 Å². The first kappa shape index (κ1) is 21.3. The highest BCUT2D eigenvalue weighted by atomic mass is 16.2. The van der Waals surface area contributed by atoms with Gasteiger partial charge in [-0.1, -0.05) is 74.9 Å². The van der Waals surface area contributed by atoms with Crippen LogP contribution in [0.2, 0.25) is 0 Å². The zero-order valence-electron chi connectivity index (χ0n) is 18.4. The zero-order valence-corrected chi connectivity index (χ0v) is 18.4. The Hall–Kier alpha value is -1.94. The first-order valence-corrected chi connectivity index (χ1v) is 12.0. The molecule has 162 valence electrons. The van der Waals surface area contributed by atoms with Crippen molar-refractivity contribution in [3.63, 3.8) is 0 Å². The first-order valence-electron chi connectivity index (χ1n) is 12.0. The number of nitrogens with zero attached hydrogens (tertiary/aromatic N) is 2. The Morgan fingerprint density at radius 2 is 1.53 bits per heavy atom. The highest BCUT2D eigenvalue weighted by Gasteiger charge is 2.59. The molecule has 0 radical (unpaired) electrons. The topological polar surface area (TPSA) is 40.6 Å². The number of carbonyl (C=O) groups excluding carboxylic acids is 2. The second-order valence-electron chi connectivity index (χ2n) is 9.42. The molecule has 1 heterocycles. The van der Waals surface area contributed by atoms with E-state index in [0.29, 0.717) is 24.8 Å². The molecule has 3 fully saturated rings. The van der Waals surface area contributed by atoms with E-state index in [1.807, 2.05) is 25.1 Å². The fourth-order valence-electron chi connectivity index (χ4n) is 6.41. The molecule has 1 saturated heterocycles. The first-order chi connectivity index (χ1) is 14.7. The monoisotopic (exact) mass is 408 g/mol. The summed E-state index contributed by atoms with van der Waals surface area (Å²) in [6, 6.07) is 10.4. The number of hydrogen-bond acceptors (Lipinski definition) is 3. The van der Waals surface area contributed by atoms with Crippen LogP contribution in [0.25, 0.3) is 0 Å². The molecule has 0 aromatic heterocycles. The van der Waals surface area contributed by atoms with Gasteiger partial charge in [0.15, 0.2) is 0 Å². The third-order valence-corrected chi connectivity index (χ3v) is 7.71. The van der Waals surface area contributed by atoms with Gasteiger partial charge in [-0.05, 0) is 50.0 Å².